The molecule has 0 amide bonds. The van der Waals surface area contributed by atoms with Crippen molar-refractivity contribution in [3.8, 4) is 5.75 Å². The van der Waals surface area contributed by atoms with Crippen LogP contribution < -0.4 is 5.43 Å². The van der Waals surface area contributed by atoms with Gasteiger partial charge in [-0.15, -0.1) is 0 Å². The number of carboxylic acids is 1. The summed E-state index contributed by atoms with van der Waals surface area (Å²) in [6.45, 7) is 1.98. The molecular formula is C11H14N2O3. The second-order valence-electron chi connectivity index (χ2n) is 3.33. The lowest BCUT2D eigenvalue weighted by atomic mass is 10.1. The molecule has 16 heavy (non-hydrogen) atoms. The Labute approximate surface area is 93.4 Å². The summed E-state index contributed by atoms with van der Waals surface area (Å²) < 4.78 is 0. The van der Waals surface area contributed by atoms with Crippen molar-refractivity contribution in [3.05, 3.63) is 29.8 Å². The van der Waals surface area contributed by atoms with Crippen molar-refractivity contribution in [2.24, 2.45) is 5.10 Å². The van der Waals surface area contributed by atoms with Crippen molar-refractivity contribution in [3.63, 3.8) is 0 Å². The lowest BCUT2D eigenvalue weighted by Crippen LogP contribution is -2.17. The monoisotopic (exact) mass is 222 g/mol. The van der Waals surface area contributed by atoms with Gasteiger partial charge in [0.25, 0.3) is 0 Å². The maximum atomic E-state index is 10.4. The molecule has 5 heteroatoms. The molecule has 0 bridgehead atoms. The Kier molecular flexibility index (Phi) is 4.32. The van der Waals surface area contributed by atoms with Gasteiger partial charge in [0.1, 0.15) is 11.5 Å². The van der Waals surface area contributed by atoms with Crippen LogP contribution in [0.2, 0.25) is 0 Å². The number of benzene rings is 1. The summed E-state index contributed by atoms with van der Waals surface area (Å²) in [5, 5.41) is 21.3. The minimum absolute atomic E-state index is 0.0331. The molecule has 5 nitrogen and oxygen atoms in total. The van der Waals surface area contributed by atoms with E-state index in [1.54, 1.807) is 12.1 Å². The standard InChI is InChI=1S/C11H14N2O3/c1-8(11(15)16)13-12-7-6-9-2-4-10(14)5-3-9/h2-5,12,14H,6-7H2,1H3,(H,15,16)/b13-8-. The third-order valence-corrected chi connectivity index (χ3v) is 2.02. The van der Waals surface area contributed by atoms with Crippen LogP contribution in [-0.4, -0.2) is 28.4 Å². The number of nitrogens with zero attached hydrogens (tertiary/aromatic N) is 1. The molecule has 0 heterocycles. The van der Waals surface area contributed by atoms with E-state index in [9.17, 15) is 4.79 Å². The van der Waals surface area contributed by atoms with Crippen molar-refractivity contribution in [1.29, 1.82) is 0 Å². The number of carboxylic acid groups (broad SMARTS) is 1. The fraction of sp³-hybridized carbons (Fsp3) is 0.273. The Balaban J connectivity index is 2.34. The Bertz CT molecular complexity index is 385. The molecule has 0 unspecified atom stereocenters. The summed E-state index contributed by atoms with van der Waals surface area (Å²) in [6.07, 6.45) is 0.719. The molecule has 0 aliphatic heterocycles. The first-order chi connectivity index (χ1) is 7.59. The third kappa shape index (κ3) is 4.00. The number of hydrogen-bond donors (Lipinski definition) is 3. The van der Waals surface area contributed by atoms with E-state index in [-0.39, 0.29) is 11.5 Å². The summed E-state index contributed by atoms with van der Waals surface area (Å²) in [7, 11) is 0. The van der Waals surface area contributed by atoms with Crippen LogP contribution in [0.3, 0.4) is 0 Å². The summed E-state index contributed by atoms with van der Waals surface area (Å²) in [5.74, 6) is -0.798. The highest BCUT2D eigenvalue weighted by atomic mass is 16.4. The Morgan fingerprint density at radius 2 is 2.00 bits per heavy atom. The van der Waals surface area contributed by atoms with Crippen LogP contribution >= 0.6 is 0 Å². The highest BCUT2D eigenvalue weighted by Gasteiger charge is 2.00. The number of hydrazone groups is 1. The maximum Gasteiger partial charge on any atom is 0.351 e. The zero-order valence-electron chi connectivity index (χ0n) is 8.97. The van der Waals surface area contributed by atoms with Gasteiger partial charge in [-0.3, -0.25) is 0 Å². The molecule has 3 N–H and O–H groups in total. The average molecular weight is 222 g/mol. The van der Waals surface area contributed by atoms with E-state index in [0.29, 0.717) is 6.54 Å². The van der Waals surface area contributed by atoms with E-state index in [0.717, 1.165) is 12.0 Å². The lowest BCUT2D eigenvalue weighted by Gasteiger charge is -2.02. The van der Waals surface area contributed by atoms with Crippen molar-refractivity contribution in [2.45, 2.75) is 13.3 Å². The molecule has 0 fully saturated rings. The number of phenols is 1. The number of phenolic OH excluding ortho intramolecular Hbond substituents is 1. The molecule has 1 rings (SSSR count). The van der Waals surface area contributed by atoms with Crippen molar-refractivity contribution >= 4 is 11.7 Å². The van der Waals surface area contributed by atoms with Crippen LogP contribution in [0.15, 0.2) is 29.4 Å². The fourth-order valence-electron chi connectivity index (χ4n) is 1.09. The molecule has 0 radical (unpaired) electrons. The van der Waals surface area contributed by atoms with E-state index >= 15 is 0 Å². The van der Waals surface area contributed by atoms with Crippen LogP contribution in [0.5, 0.6) is 5.75 Å². The molecule has 1 aromatic rings. The zero-order chi connectivity index (χ0) is 12.0. The topological polar surface area (TPSA) is 81.9 Å². The van der Waals surface area contributed by atoms with Crippen LogP contribution in [0.4, 0.5) is 0 Å². The molecule has 0 aromatic heterocycles. The molecule has 1 aromatic carbocycles. The molecule has 0 atom stereocenters. The van der Waals surface area contributed by atoms with Gasteiger partial charge in [0.15, 0.2) is 0 Å². The van der Waals surface area contributed by atoms with Crippen LogP contribution in [-0.2, 0) is 11.2 Å². The molecule has 0 aliphatic rings. The van der Waals surface area contributed by atoms with Crippen molar-refractivity contribution in [2.75, 3.05) is 6.54 Å². The minimum Gasteiger partial charge on any atom is -0.508 e. The summed E-state index contributed by atoms with van der Waals surface area (Å²) in [6, 6.07) is 6.85. The highest BCUT2D eigenvalue weighted by Crippen LogP contribution is 2.09. The van der Waals surface area contributed by atoms with Gasteiger partial charge in [0.05, 0.1) is 0 Å². The van der Waals surface area contributed by atoms with Crippen LogP contribution in [0, 0.1) is 0 Å². The molecule has 86 valence electrons. The first-order valence-electron chi connectivity index (χ1n) is 4.88. The number of rotatable bonds is 5. The van der Waals surface area contributed by atoms with Gasteiger partial charge in [-0.2, -0.15) is 5.10 Å². The predicted molar refractivity (Wildman–Crippen MR) is 60.6 cm³/mol. The number of aliphatic carboxylic acids is 1. The Hall–Kier alpha value is -2.04. The normalized spacial score (nSPS) is 11.2. The first kappa shape index (κ1) is 12.0. The van der Waals surface area contributed by atoms with Gasteiger partial charge < -0.3 is 15.6 Å². The van der Waals surface area contributed by atoms with E-state index in [1.807, 2.05) is 12.1 Å². The molecule has 0 aliphatic carbocycles. The minimum atomic E-state index is -1.03. The van der Waals surface area contributed by atoms with Gasteiger partial charge in [0, 0.05) is 6.54 Å². The highest BCUT2D eigenvalue weighted by molar-refractivity contribution is 6.34. The molecular weight excluding hydrogens is 208 g/mol. The van der Waals surface area contributed by atoms with Gasteiger partial charge in [-0.1, -0.05) is 12.1 Å². The third-order valence-electron chi connectivity index (χ3n) is 2.02. The van der Waals surface area contributed by atoms with Gasteiger partial charge in [-0.05, 0) is 31.0 Å². The summed E-state index contributed by atoms with van der Waals surface area (Å²) >= 11 is 0. The fourth-order valence-corrected chi connectivity index (χ4v) is 1.09. The largest absolute Gasteiger partial charge is 0.508 e. The number of aromatic hydroxyl groups is 1. The SMILES string of the molecule is C/C(=N/NCCc1ccc(O)cc1)C(=O)O. The van der Waals surface area contributed by atoms with E-state index in [2.05, 4.69) is 10.5 Å². The van der Waals surface area contributed by atoms with E-state index < -0.39 is 5.97 Å². The van der Waals surface area contributed by atoms with Gasteiger partial charge in [-0.25, -0.2) is 4.79 Å². The van der Waals surface area contributed by atoms with Gasteiger partial charge >= 0.3 is 5.97 Å². The molecule has 0 spiro atoms. The summed E-state index contributed by atoms with van der Waals surface area (Å²) in [4.78, 5) is 10.4. The number of carbonyl (C=O) groups is 1. The Morgan fingerprint density at radius 1 is 1.38 bits per heavy atom. The second kappa shape index (κ2) is 5.75. The van der Waals surface area contributed by atoms with Crippen LogP contribution in [0.1, 0.15) is 12.5 Å². The maximum absolute atomic E-state index is 10.4. The van der Waals surface area contributed by atoms with Crippen LogP contribution in [0.25, 0.3) is 0 Å². The Morgan fingerprint density at radius 3 is 2.56 bits per heavy atom. The molecule has 0 saturated heterocycles. The van der Waals surface area contributed by atoms with E-state index in [1.165, 1.54) is 6.92 Å². The first-order valence-corrected chi connectivity index (χ1v) is 4.88. The molecule has 0 saturated carbocycles. The van der Waals surface area contributed by atoms with Crippen molar-refractivity contribution in [1.82, 2.24) is 5.43 Å². The zero-order valence-corrected chi connectivity index (χ0v) is 8.97. The number of hydrogen-bond acceptors (Lipinski definition) is 4. The average Bonchev–Trinajstić information content (AvgIpc) is 2.26. The second-order valence-corrected chi connectivity index (χ2v) is 3.33. The van der Waals surface area contributed by atoms with E-state index in [4.69, 9.17) is 10.2 Å². The van der Waals surface area contributed by atoms with Crippen molar-refractivity contribution < 1.29 is 15.0 Å². The smallest absolute Gasteiger partial charge is 0.351 e. The van der Waals surface area contributed by atoms with Gasteiger partial charge in [0.2, 0.25) is 0 Å². The summed E-state index contributed by atoms with van der Waals surface area (Å²) in [5.41, 5.74) is 3.76. The lowest BCUT2D eigenvalue weighted by molar-refractivity contribution is -0.129. The quantitative estimate of drug-likeness (QED) is 0.394. The number of nitrogens with one attached hydrogen (secondary N) is 1. The predicted octanol–water partition coefficient (Wildman–Crippen LogP) is 0.985.